The van der Waals surface area contributed by atoms with Crippen LogP contribution in [0, 0.1) is 10.1 Å². The molecule has 2 aromatic carbocycles. The van der Waals surface area contributed by atoms with E-state index < -0.39 is 4.92 Å². The standard InChI is InChI=1S/C14H12ClNO3/c15-13-7-6-12(16(17)18)10-14(13)19-9-8-11-4-2-1-3-5-11/h1-7,10H,8-9H2. The zero-order valence-corrected chi connectivity index (χ0v) is 10.8. The predicted molar refractivity (Wildman–Crippen MR) is 73.7 cm³/mol. The summed E-state index contributed by atoms with van der Waals surface area (Å²) in [6.45, 7) is 0.422. The molecule has 0 spiro atoms. The minimum atomic E-state index is -0.472. The second-order valence-electron chi connectivity index (χ2n) is 3.96. The molecule has 4 nitrogen and oxygen atoms in total. The normalized spacial score (nSPS) is 10.2. The lowest BCUT2D eigenvalue weighted by Crippen LogP contribution is -2.02. The van der Waals surface area contributed by atoms with Crippen molar-refractivity contribution in [1.29, 1.82) is 0 Å². The first kappa shape index (κ1) is 13.4. The Kier molecular flexibility index (Phi) is 4.36. The molecule has 0 heterocycles. The van der Waals surface area contributed by atoms with Gasteiger partial charge in [-0.2, -0.15) is 0 Å². The number of non-ortho nitro benzene ring substituents is 1. The molecule has 0 atom stereocenters. The van der Waals surface area contributed by atoms with Gasteiger partial charge in [-0.25, -0.2) is 0 Å². The van der Waals surface area contributed by atoms with Crippen LogP contribution >= 0.6 is 11.6 Å². The third-order valence-electron chi connectivity index (χ3n) is 2.62. The van der Waals surface area contributed by atoms with Crippen LogP contribution < -0.4 is 4.74 Å². The van der Waals surface area contributed by atoms with E-state index in [4.69, 9.17) is 16.3 Å². The van der Waals surface area contributed by atoms with Crippen molar-refractivity contribution in [2.45, 2.75) is 6.42 Å². The number of nitrogens with zero attached hydrogens (tertiary/aromatic N) is 1. The molecule has 0 fully saturated rings. The number of benzene rings is 2. The van der Waals surface area contributed by atoms with Gasteiger partial charge < -0.3 is 4.74 Å². The molecule has 0 aliphatic heterocycles. The Morgan fingerprint density at radius 1 is 1.16 bits per heavy atom. The van der Waals surface area contributed by atoms with Crippen molar-refractivity contribution in [3.05, 3.63) is 69.2 Å². The summed E-state index contributed by atoms with van der Waals surface area (Å²) in [6, 6.07) is 14.0. The number of rotatable bonds is 5. The summed E-state index contributed by atoms with van der Waals surface area (Å²) >= 11 is 5.94. The van der Waals surface area contributed by atoms with E-state index >= 15 is 0 Å². The number of hydrogen-bond acceptors (Lipinski definition) is 3. The Bertz CT molecular complexity index is 572. The van der Waals surface area contributed by atoms with Crippen LogP contribution in [0.25, 0.3) is 0 Å². The van der Waals surface area contributed by atoms with Gasteiger partial charge in [0.05, 0.1) is 22.6 Å². The molecule has 0 aliphatic rings. The fourth-order valence-electron chi connectivity index (χ4n) is 1.64. The summed E-state index contributed by atoms with van der Waals surface area (Å²) in [6.07, 6.45) is 0.722. The zero-order valence-electron chi connectivity index (χ0n) is 10.1. The second kappa shape index (κ2) is 6.20. The van der Waals surface area contributed by atoms with E-state index in [-0.39, 0.29) is 5.69 Å². The van der Waals surface area contributed by atoms with Crippen molar-refractivity contribution in [2.24, 2.45) is 0 Å². The Hall–Kier alpha value is -2.07. The summed E-state index contributed by atoms with van der Waals surface area (Å²) in [7, 11) is 0. The summed E-state index contributed by atoms with van der Waals surface area (Å²) in [5.41, 5.74) is 1.11. The minimum Gasteiger partial charge on any atom is -0.491 e. The van der Waals surface area contributed by atoms with Crippen LogP contribution in [0.1, 0.15) is 5.56 Å². The van der Waals surface area contributed by atoms with Crippen molar-refractivity contribution in [2.75, 3.05) is 6.61 Å². The molecular weight excluding hydrogens is 266 g/mol. The molecule has 2 rings (SSSR count). The largest absolute Gasteiger partial charge is 0.491 e. The first-order chi connectivity index (χ1) is 9.16. The van der Waals surface area contributed by atoms with Crippen LogP contribution in [0.2, 0.25) is 5.02 Å². The summed E-state index contributed by atoms with van der Waals surface area (Å²) in [5.74, 6) is 0.340. The third-order valence-corrected chi connectivity index (χ3v) is 2.93. The summed E-state index contributed by atoms with van der Waals surface area (Å²) in [5, 5.41) is 11.0. The smallest absolute Gasteiger partial charge is 0.273 e. The number of nitro benzene ring substituents is 1. The lowest BCUT2D eigenvalue weighted by atomic mass is 10.2. The molecule has 19 heavy (non-hydrogen) atoms. The number of hydrogen-bond donors (Lipinski definition) is 0. The highest BCUT2D eigenvalue weighted by Crippen LogP contribution is 2.28. The molecule has 0 saturated heterocycles. The highest BCUT2D eigenvalue weighted by molar-refractivity contribution is 6.32. The highest BCUT2D eigenvalue weighted by atomic mass is 35.5. The lowest BCUT2D eigenvalue weighted by Gasteiger charge is -2.07. The van der Waals surface area contributed by atoms with Crippen LogP contribution in [-0.4, -0.2) is 11.5 Å². The monoisotopic (exact) mass is 277 g/mol. The maximum atomic E-state index is 10.7. The first-order valence-corrected chi connectivity index (χ1v) is 6.15. The van der Waals surface area contributed by atoms with Gasteiger partial charge in [0.1, 0.15) is 5.75 Å². The highest BCUT2D eigenvalue weighted by Gasteiger charge is 2.10. The van der Waals surface area contributed by atoms with Gasteiger partial charge in [0.25, 0.3) is 5.69 Å². The minimum absolute atomic E-state index is 0.0286. The van der Waals surface area contributed by atoms with Crippen molar-refractivity contribution < 1.29 is 9.66 Å². The molecule has 0 unspecified atom stereocenters. The molecule has 0 amide bonds. The molecule has 98 valence electrons. The topological polar surface area (TPSA) is 52.4 Å². The van der Waals surface area contributed by atoms with E-state index in [9.17, 15) is 10.1 Å². The van der Waals surface area contributed by atoms with Crippen molar-refractivity contribution in [1.82, 2.24) is 0 Å². The van der Waals surface area contributed by atoms with E-state index in [1.165, 1.54) is 18.2 Å². The molecule has 0 N–H and O–H groups in total. The molecule has 2 aromatic rings. The summed E-state index contributed by atoms with van der Waals surface area (Å²) < 4.78 is 5.50. The molecule has 0 radical (unpaired) electrons. The predicted octanol–water partition coefficient (Wildman–Crippen LogP) is 3.87. The van der Waals surface area contributed by atoms with Crippen LogP contribution in [0.15, 0.2) is 48.5 Å². The van der Waals surface area contributed by atoms with Gasteiger partial charge in [0.2, 0.25) is 0 Å². The van der Waals surface area contributed by atoms with Crippen LogP contribution in [0.3, 0.4) is 0 Å². The number of halogens is 1. The van der Waals surface area contributed by atoms with Crippen molar-refractivity contribution in [3.8, 4) is 5.75 Å². The average Bonchev–Trinajstić information content (AvgIpc) is 2.42. The van der Waals surface area contributed by atoms with Gasteiger partial charge in [0.15, 0.2) is 0 Å². The molecule has 0 aliphatic carbocycles. The zero-order chi connectivity index (χ0) is 13.7. The summed E-state index contributed by atoms with van der Waals surface area (Å²) in [4.78, 5) is 10.2. The second-order valence-corrected chi connectivity index (χ2v) is 4.36. The molecule has 5 heteroatoms. The Balaban J connectivity index is 1.99. The number of nitro groups is 1. The van der Waals surface area contributed by atoms with E-state index in [1.54, 1.807) is 0 Å². The Morgan fingerprint density at radius 3 is 2.58 bits per heavy atom. The fraction of sp³-hybridized carbons (Fsp3) is 0.143. The van der Waals surface area contributed by atoms with Crippen molar-refractivity contribution in [3.63, 3.8) is 0 Å². The van der Waals surface area contributed by atoms with Crippen LogP contribution in [0.5, 0.6) is 5.75 Å². The van der Waals surface area contributed by atoms with E-state index in [0.717, 1.165) is 12.0 Å². The quantitative estimate of drug-likeness (QED) is 0.616. The van der Waals surface area contributed by atoms with Gasteiger partial charge in [-0.05, 0) is 11.6 Å². The van der Waals surface area contributed by atoms with Gasteiger partial charge in [-0.15, -0.1) is 0 Å². The van der Waals surface area contributed by atoms with E-state index in [2.05, 4.69) is 0 Å². The number of ether oxygens (including phenoxy) is 1. The van der Waals surface area contributed by atoms with E-state index in [0.29, 0.717) is 17.4 Å². The van der Waals surface area contributed by atoms with Gasteiger partial charge in [-0.3, -0.25) is 10.1 Å². The van der Waals surface area contributed by atoms with Crippen LogP contribution in [-0.2, 0) is 6.42 Å². The third kappa shape index (κ3) is 3.69. The Morgan fingerprint density at radius 2 is 1.89 bits per heavy atom. The van der Waals surface area contributed by atoms with Crippen LogP contribution in [0.4, 0.5) is 5.69 Å². The fourth-order valence-corrected chi connectivity index (χ4v) is 1.81. The first-order valence-electron chi connectivity index (χ1n) is 5.77. The molecular formula is C14H12ClNO3. The SMILES string of the molecule is O=[N+]([O-])c1ccc(Cl)c(OCCc2ccccc2)c1. The maximum Gasteiger partial charge on any atom is 0.273 e. The maximum absolute atomic E-state index is 10.7. The van der Waals surface area contributed by atoms with Gasteiger partial charge in [0, 0.05) is 12.5 Å². The molecule has 0 bridgehead atoms. The van der Waals surface area contributed by atoms with E-state index in [1.807, 2.05) is 30.3 Å². The van der Waals surface area contributed by atoms with Gasteiger partial charge >= 0.3 is 0 Å². The van der Waals surface area contributed by atoms with Crippen molar-refractivity contribution >= 4 is 17.3 Å². The Labute approximate surface area is 115 Å². The molecule has 0 saturated carbocycles. The molecule has 0 aromatic heterocycles. The lowest BCUT2D eigenvalue weighted by molar-refractivity contribution is -0.384. The average molecular weight is 278 g/mol. The van der Waals surface area contributed by atoms with Gasteiger partial charge in [-0.1, -0.05) is 41.9 Å².